The van der Waals surface area contributed by atoms with Gasteiger partial charge in [0.1, 0.15) is 6.04 Å². The summed E-state index contributed by atoms with van der Waals surface area (Å²) in [4.78, 5) is 34.9. The molecule has 12 heteroatoms. The van der Waals surface area contributed by atoms with Crippen LogP contribution < -0.4 is 5.32 Å². The van der Waals surface area contributed by atoms with Crippen molar-refractivity contribution >= 4 is 22.8 Å². The maximum atomic E-state index is 13.0. The van der Waals surface area contributed by atoms with Crippen LogP contribution in [0.2, 0.25) is 0 Å². The lowest BCUT2D eigenvalue weighted by atomic mass is 10.0. The molecule has 0 radical (unpaired) electrons. The molecule has 1 unspecified atom stereocenters. The molecule has 1 aromatic carbocycles. The second-order valence-corrected chi connectivity index (χ2v) is 7.18. The molecule has 1 amide bonds. The standard InChI is InChI=1S/C20H17F3N6O3/c1-11(30)27-16(6-12-7-24-15-5-3-2-4-14(12)15)18(31)32-10-17-25-8-13(9-26-17)19(28-29-19)20(21,22)23/h2-5,7-9,16,24H,6,10H2,1H3,(H,27,30). The Morgan fingerprint density at radius 1 is 1.19 bits per heavy atom. The van der Waals surface area contributed by atoms with Crippen LogP contribution in [0.1, 0.15) is 23.9 Å². The highest BCUT2D eigenvalue weighted by atomic mass is 19.4. The maximum absolute atomic E-state index is 13.0. The van der Waals surface area contributed by atoms with Gasteiger partial charge in [-0.3, -0.25) is 4.79 Å². The van der Waals surface area contributed by atoms with Crippen molar-refractivity contribution < 1.29 is 27.5 Å². The van der Waals surface area contributed by atoms with E-state index in [4.69, 9.17) is 4.74 Å². The van der Waals surface area contributed by atoms with E-state index in [1.807, 2.05) is 24.3 Å². The number of hydrogen-bond acceptors (Lipinski definition) is 7. The quantitative estimate of drug-likeness (QED) is 0.541. The Morgan fingerprint density at radius 3 is 2.50 bits per heavy atom. The average molecular weight is 446 g/mol. The van der Waals surface area contributed by atoms with Gasteiger partial charge < -0.3 is 15.0 Å². The number of alkyl halides is 3. The van der Waals surface area contributed by atoms with Gasteiger partial charge in [0, 0.05) is 42.8 Å². The predicted octanol–water partition coefficient (Wildman–Crippen LogP) is 2.93. The van der Waals surface area contributed by atoms with Crippen LogP contribution in [0.3, 0.4) is 0 Å². The number of nitrogens with zero attached hydrogens (tertiary/aromatic N) is 4. The van der Waals surface area contributed by atoms with Gasteiger partial charge in [0.15, 0.2) is 12.4 Å². The molecule has 166 valence electrons. The van der Waals surface area contributed by atoms with Crippen LogP contribution in [0.5, 0.6) is 0 Å². The molecule has 1 atom stereocenters. The summed E-state index contributed by atoms with van der Waals surface area (Å²) in [5.74, 6) is -1.15. The van der Waals surface area contributed by atoms with Gasteiger partial charge in [0.2, 0.25) is 5.91 Å². The van der Waals surface area contributed by atoms with Crippen LogP contribution in [0.4, 0.5) is 13.2 Å². The zero-order valence-corrected chi connectivity index (χ0v) is 16.7. The Kier molecular flexibility index (Phi) is 5.36. The first-order valence-electron chi connectivity index (χ1n) is 9.50. The first-order valence-corrected chi connectivity index (χ1v) is 9.50. The van der Waals surface area contributed by atoms with E-state index in [0.717, 1.165) is 28.9 Å². The molecule has 1 aliphatic heterocycles. The predicted molar refractivity (Wildman–Crippen MR) is 104 cm³/mol. The van der Waals surface area contributed by atoms with Crippen molar-refractivity contribution in [1.82, 2.24) is 20.3 Å². The third-order valence-corrected chi connectivity index (χ3v) is 4.91. The number of nitrogens with one attached hydrogen (secondary N) is 2. The highest BCUT2D eigenvalue weighted by molar-refractivity contribution is 5.86. The Morgan fingerprint density at radius 2 is 1.88 bits per heavy atom. The van der Waals surface area contributed by atoms with Crippen LogP contribution >= 0.6 is 0 Å². The molecule has 1 aliphatic rings. The number of esters is 1. The maximum Gasteiger partial charge on any atom is 0.442 e. The summed E-state index contributed by atoms with van der Waals surface area (Å²) in [5, 5.41) is 9.62. The number of hydrogen-bond donors (Lipinski definition) is 2. The minimum atomic E-state index is -4.68. The van der Waals surface area contributed by atoms with E-state index >= 15 is 0 Å². The van der Waals surface area contributed by atoms with Crippen molar-refractivity contribution in [2.24, 2.45) is 10.2 Å². The molecule has 2 N–H and O–H groups in total. The second kappa shape index (κ2) is 8.02. The molecule has 32 heavy (non-hydrogen) atoms. The summed E-state index contributed by atoms with van der Waals surface area (Å²) in [5.41, 5.74) is -1.24. The van der Waals surface area contributed by atoms with Crippen LogP contribution in [0.25, 0.3) is 10.9 Å². The number of amides is 1. The number of para-hydroxylation sites is 1. The van der Waals surface area contributed by atoms with E-state index in [9.17, 15) is 22.8 Å². The van der Waals surface area contributed by atoms with Gasteiger partial charge in [-0.1, -0.05) is 18.2 Å². The Labute approximate surface area is 179 Å². The number of ether oxygens (including phenoxy) is 1. The number of halogens is 3. The summed E-state index contributed by atoms with van der Waals surface area (Å²) in [6, 6.07) is 6.53. The Balaban J connectivity index is 1.42. The summed E-state index contributed by atoms with van der Waals surface area (Å²) in [7, 11) is 0. The van der Waals surface area contributed by atoms with Crippen LogP contribution in [-0.2, 0) is 33.0 Å². The number of rotatable bonds is 7. The molecule has 3 aromatic rings. The molecule has 0 fully saturated rings. The number of carbonyl (C=O) groups is 2. The van der Waals surface area contributed by atoms with E-state index in [0.29, 0.717) is 0 Å². The van der Waals surface area contributed by atoms with Crippen LogP contribution in [0, 0.1) is 0 Å². The molecule has 4 rings (SSSR count). The number of fused-ring (bicyclic) bond motifs is 1. The van der Waals surface area contributed by atoms with E-state index in [1.165, 1.54) is 6.92 Å². The summed E-state index contributed by atoms with van der Waals surface area (Å²) < 4.78 is 44.3. The normalized spacial score (nSPS) is 15.4. The van der Waals surface area contributed by atoms with Gasteiger partial charge in [-0.05, 0) is 11.6 Å². The molecule has 9 nitrogen and oxygen atoms in total. The largest absolute Gasteiger partial charge is 0.456 e. The van der Waals surface area contributed by atoms with Crippen molar-refractivity contribution in [2.45, 2.75) is 37.8 Å². The number of aromatic amines is 1. The third-order valence-electron chi connectivity index (χ3n) is 4.91. The number of aromatic nitrogens is 3. The summed E-state index contributed by atoms with van der Waals surface area (Å²) in [6.07, 6.45) is -0.863. The second-order valence-electron chi connectivity index (χ2n) is 7.18. The molecule has 3 heterocycles. The van der Waals surface area contributed by atoms with Crippen LogP contribution in [0.15, 0.2) is 53.1 Å². The molecule has 0 aliphatic carbocycles. The van der Waals surface area contributed by atoms with E-state index < -0.39 is 29.8 Å². The van der Waals surface area contributed by atoms with E-state index in [1.54, 1.807) is 6.20 Å². The van der Waals surface area contributed by atoms with Crippen LogP contribution in [-0.4, -0.2) is 39.0 Å². The Hall–Kier alpha value is -3.83. The third kappa shape index (κ3) is 4.15. The first kappa shape index (κ1) is 21.4. The zero-order valence-electron chi connectivity index (χ0n) is 16.7. The van der Waals surface area contributed by atoms with Gasteiger partial charge in [0.25, 0.3) is 0 Å². The van der Waals surface area contributed by atoms with E-state index in [2.05, 4.69) is 30.5 Å². The fourth-order valence-corrected chi connectivity index (χ4v) is 3.25. The zero-order chi connectivity index (χ0) is 22.9. The average Bonchev–Trinajstić information content (AvgIpc) is 3.49. The molecule has 2 aromatic heterocycles. The summed E-state index contributed by atoms with van der Waals surface area (Å²) >= 11 is 0. The lowest BCUT2D eigenvalue weighted by Gasteiger charge is -2.17. The number of H-pyrrole nitrogens is 1. The first-order chi connectivity index (χ1) is 15.2. The van der Waals surface area contributed by atoms with Crippen molar-refractivity contribution in [3.63, 3.8) is 0 Å². The molecule has 0 bridgehead atoms. The Bertz CT molecular complexity index is 1180. The van der Waals surface area contributed by atoms with Gasteiger partial charge in [0.05, 0.1) is 5.56 Å². The minimum absolute atomic E-state index is 0.00579. The number of carbonyl (C=O) groups excluding carboxylic acids is 2. The van der Waals surface area contributed by atoms with Crippen molar-refractivity contribution in [1.29, 1.82) is 0 Å². The topological polar surface area (TPSA) is 122 Å². The highest BCUT2D eigenvalue weighted by Gasteiger charge is 2.65. The van der Waals surface area contributed by atoms with Crippen molar-refractivity contribution in [3.8, 4) is 0 Å². The summed E-state index contributed by atoms with van der Waals surface area (Å²) in [6.45, 7) is 0.901. The fourth-order valence-electron chi connectivity index (χ4n) is 3.25. The molecular formula is C20H17F3N6O3. The lowest BCUT2D eigenvalue weighted by molar-refractivity contribution is -0.166. The van der Waals surface area contributed by atoms with Gasteiger partial charge in [-0.2, -0.15) is 13.2 Å². The molecule has 0 saturated carbocycles. The smallest absolute Gasteiger partial charge is 0.442 e. The monoisotopic (exact) mass is 446 g/mol. The van der Waals surface area contributed by atoms with Crippen molar-refractivity contribution in [2.75, 3.05) is 0 Å². The molecular weight excluding hydrogens is 429 g/mol. The highest BCUT2D eigenvalue weighted by Crippen LogP contribution is 2.51. The number of benzene rings is 1. The SMILES string of the molecule is CC(=O)NC(Cc1c[nH]c2ccccc12)C(=O)OCc1ncc(C2(C(F)(F)F)N=N2)cn1. The van der Waals surface area contributed by atoms with E-state index in [-0.39, 0.29) is 24.4 Å². The van der Waals surface area contributed by atoms with Crippen molar-refractivity contribution in [3.05, 3.63) is 59.8 Å². The lowest BCUT2D eigenvalue weighted by Crippen LogP contribution is -2.42. The van der Waals surface area contributed by atoms with Gasteiger partial charge in [-0.15, -0.1) is 10.2 Å². The van der Waals surface area contributed by atoms with Gasteiger partial charge in [-0.25, -0.2) is 14.8 Å². The molecule has 0 saturated heterocycles. The minimum Gasteiger partial charge on any atom is -0.456 e. The van der Waals surface area contributed by atoms with Gasteiger partial charge >= 0.3 is 17.8 Å². The molecule has 0 spiro atoms. The fraction of sp³-hybridized carbons (Fsp3) is 0.300.